The second-order valence-electron chi connectivity index (χ2n) is 5.55. The largest absolute Gasteiger partial charge is 0.392 e. The maximum Gasteiger partial charge on any atom is 0.145 e. The Kier molecular flexibility index (Phi) is 6.43. The molecular weight excluding hydrogens is 300 g/mol. The van der Waals surface area contributed by atoms with Gasteiger partial charge in [0.15, 0.2) is 0 Å². The van der Waals surface area contributed by atoms with E-state index in [1.54, 1.807) is 0 Å². The van der Waals surface area contributed by atoms with Crippen LogP contribution in [0.1, 0.15) is 25.3 Å². The Morgan fingerprint density at radius 3 is 2.86 bits per heavy atom. The fourth-order valence-electron chi connectivity index (χ4n) is 2.46. The van der Waals surface area contributed by atoms with E-state index in [9.17, 15) is 5.11 Å². The average Bonchev–Trinajstić information content (AvgIpc) is 2.96. The van der Waals surface area contributed by atoms with Crippen molar-refractivity contribution in [2.24, 2.45) is 5.16 Å². The first-order chi connectivity index (χ1) is 10.6. The third-order valence-corrected chi connectivity index (χ3v) is 3.95. The minimum absolute atomic E-state index is 0.00897. The summed E-state index contributed by atoms with van der Waals surface area (Å²) in [5.41, 5.74) is 1.98. The number of benzene rings is 1. The molecule has 2 unspecified atom stereocenters. The number of nitrogens with zero attached hydrogens (tertiary/aromatic N) is 2. The lowest BCUT2D eigenvalue weighted by Gasteiger charge is -2.25. The van der Waals surface area contributed by atoms with E-state index in [4.69, 9.17) is 16.4 Å². The minimum Gasteiger partial charge on any atom is -0.392 e. The second-order valence-corrected chi connectivity index (χ2v) is 5.98. The van der Waals surface area contributed by atoms with Crippen LogP contribution in [0.3, 0.4) is 0 Å². The summed E-state index contributed by atoms with van der Waals surface area (Å²) in [6, 6.07) is 7.62. The molecule has 0 spiro atoms. The van der Waals surface area contributed by atoms with Crippen LogP contribution in [-0.4, -0.2) is 47.6 Å². The van der Waals surface area contributed by atoms with Crippen LogP contribution in [0.25, 0.3) is 0 Å². The van der Waals surface area contributed by atoms with Crippen molar-refractivity contribution in [3.63, 3.8) is 0 Å². The first kappa shape index (κ1) is 17.0. The van der Waals surface area contributed by atoms with E-state index in [0.717, 1.165) is 37.2 Å². The highest BCUT2D eigenvalue weighted by Gasteiger charge is 2.24. The number of hydrogen-bond donors (Lipinski definition) is 1. The predicted octanol–water partition coefficient (Wildman–Crippen LogP) is 3.09. The van der Waals surface area contributed by atoms with Crippen LogP contribution < -0.4 is 0 Å². The maximum absolute atomic E-state index is 9.83. The molecule has 1 aliphatic rings. The van der Waals surface area contributed by atoms with E-state index in [1.807, 2.05) is 37.3 Å². The summed E-state index contributed by atoms with van der Waals surface area (Å²) in [5, 5.41) is 14.7. The van der Waals surface area contributed by atoms with Gasteiger partial charge in [0.1, 0.15) is 6.10 Å². The Bertz CT molecular complexity index is 516. The fourth-order valence-corrected chi connectivity index (χ4v) is 2.59. The molecular formula is C17H23ClN2O2. The highest BCUT2D eigenvalue weighted by molar-refractivity contribution is 6.30. The Balaban J connectivity index is 1.90. The first-order valence-electron chi connectivity index (χ1n) is 7.62. The quantitative estimate of drug-likeness (QED) is 0.748. The van der Waals surface area contributed by atoms with Crippen molar-refractivity contribution in [2.45, 2.75) is 32.0 Å². The van der Waals surface area contributed by atoms with Crippen LogP contribution in [0.4, 0.5) is 0 Å². The number of rotatable bonds is 8. The van der Waals surface area contributed by atoms with Crippen molar-refractivity contribution in [1.29, 1.82) is 0 Å². The van der Waals surface area contributed by atoms with E-state index in [0.29, 0.717) is 11.6 Å². The Morgan fingerprint density at radius 1 is 1.50 bits per heavy atom. The van der Waals surface area contributed by atoms with Gasteiger partial charge in [-0.3, -0.25) is 4.90 Å². The van der Waals surface area contributed by atoms with Gasteiger partial charge in [0.05, 0.1) is 11.8 Å². The van der Waals surface area contributed by atoms with Crippen molar-refractivity contribution < 1.29 is 9.94 Å². The molecule has 2 atom stereocenters. The highest BCUT2D eigenvalue weighted by Crippen LogP contribution is 2.19. The lowest BCUT2D eigenvalue weighted by molar-refractivity contribution is 0.0386. The summed E-state index contributed by atoms with van der Waals surface area (Å²) in [6.07, 6.45) is 3.04. The van der Waals surface area contributed by atoms with Crippen molar-refractivity contribution in [2.75, 3.05) is 19.6 Å². The van der Waals surface area contributed by atoms with E-state index in [-0.39, 0.29) is 12.2 Å². The van der Waals surface area contributed by atoms with E-state index < -0.39 is 0 Å². The summed E-state index contributed by atoms with van der Waals surface area (Å²) in [7, 11) is 0. The number of oxime groups is 1. The molecule has 0 bridgehead atoms. The molecule has 2 rings (SSSR count). The zero-order valence-corrected chi connectivity index (χ0v) is 13.7. The summed E-state index contributed by atoms with van der Waals surface area (Å²) in [6.45, 7) is 7.83. The van der Waals surface area contributed by atoms with Crippen LogP contribution in [0, 0.1) is 0 Å². The number of aliphatic hydroxyl groups excluding tert-OH is 1. The van der Waals surface area contributed by atoms with Gasteiger partial charge in [-0.15, -0.1) is 6.58 Å². The molecule has 1 aromatic rings. The molecule has 22 heavy (non-hydrogen) atoms. The topological polar surface area (TPSA) is 45.1 Å². The molecule has 4 nitrogen and oxygen atoms in total. The van der Waals surface area contributed by atoms with Gasteiger partial charge >= 0.3 is 0 Å². The first-order valence-corrected chi connectivity index (χ1v) is 8.00. The monoisotopic (exact) mass is 322 g/mol. The van der Waals surface area contributed by atoms with Gasteiger partial charge in [-0.2, -0.15) is 0 Å². The Labute approximate surface area is 137 Å². The molecule has 120 valence electrons. The smallest absolute Gasteiger partial charge is 0.145 e. The predicted molar refractivity (Wildman–Crippen MR) is 90.4 cm³/mol. The summed E-state index contributed by atoms with van der Waals surface area (Å²) >= 11 is 5.90. The van der Waals surface area contributed by atoms with Crippen molar-refractivity contribution in [1.82, 2.24) is 4.90 Å². The van der Waals surface area contributed by atoms with Gasteiger partial charge in [-0.05, 0) is 24.1 Å². The molecule has 0 aliphatic carbocycles. The van der Waals surface area contributed by atoms with Gasteiger partial charge in [-0.25, -0.2) is 0 Å². The lowest BCUT2D eigenvalue weighted by Crippen LogP contribution is -2.38. The maximum atomic E-state index is 9.83. The van der Waals surface area contributed by atoms with Crippen LogP contribution >= 0.6 is 11.6 Å². The van der Waals surface area contributed by atoms with Crippen molar-refractivity contribution in [3.05, 3.63) is 47.5 Å². The average molecular weight is 323 g/mol. The summed E-state index contributed by atoms with van der Waals surface area (Å²) in [5.74, 6) is 0. The molecule has 0 aromatic heterocycles. The number of aliphatic hydroxyl groups is 1. The third-order valence-electron chi connectivity index (χ3n) is 3.70. The molecule has 5 heteroatoms. The molecule has 0 saturated heterocycles. The van der Waals surface area contributed by atoms with Gasteiger partial charge in [0.25, 0.3) is 0 Å². The number of halogens is 1. The van der Waals surface area contributed by atoms with Gasteiger partial charge in [0.2, 0.25) is 0 Å². The second kappa shape index (κ2) is 8.32. The normalized spacial score (nSPS) is 18.9. The zero-order chi connectivity index (χ0) is 15.9. The van der Waals surface area contributed by atoms with Crippen molar-refractivity contribution in [3.8, 4) is 0 Å². The van der Waals surface area contributed by atoms with E-state index in [2.05, 4.69) is 16.6 Å². The van der Waals surface area contributed by atoms with Crippen LogP contribution in [0.2, 0.25) is 5.02 Å². The molecule has 0 fully saturated rings. The molecule has 0 saturated carbocycles. The Morgan fingerprint density at radius 2 is 2.23 bits per heavy atom. The lowest BCUT2D eigenvalue weighted by atomic mass is 10.0. The molecule has 1 aliphatic heterocycles. The van der Waals surface area contributed by atoms with Crippen LogP contribution in [-0.2, 0) is 4.84 Å². The van der Waals surface area contributed by atoms with Gasteiger partial charge in [0, 0.05) is 31.1 Å². The van der Waals surface area contributed by atoms with Crippen molar-refractivity contribution >= 4 is 17.3 Å². The zero-order valence-electron chi connectivity index (χ0n) is 12.9. The molecule has 0 amide bonds. The van der Waals surface area contributed by atoms with E-state index in [1.165, 1.54) is 0 Å². The third kappa shape index (κ3) is 4.83. The number of hydrogen-bond acceptors (Lipinski definition) is 4. The highest BCUT2D eigenvalue weighted by atomic mass is 35.5. The molecule has 0 radical (unpaired) electrons. The standard InChI is InChI=1S/C17H23ClN2O2/c1-3-9-20(11-15(21)4-2)12-16-10-17(19-22-16)13-5-7-14(18)8-6-13/h3,5-8,15-16,21H,1,4,9-12H2,2H3. The minimum atomic E-state index is -0.321. The SMILES string of the molecule is C=CCN(CC(O)CC)CC1CC(c2ccc(Cl)cc2)=NO1. The fraction of sp³-hybridized carbons (Fsp3) is 0.471. The Hall–Kier alpha value is -1.36. The summed E-state index contributed by atoms with van der Waals surface area (Å²) < 4.78 is 0. The molecule has 1 N–H and O–H groups in total. The molecule has 1 heterocycles. The summed E-state index contributed by atoms with van der Waals surface area (Å²) in [4.78, 5) is 7.68. The van der Waals surface area contributed by atoms with Gasteiger partial charge < -0.3 is 9.94 Å². The molecule has 1 aromatic carbocycles. The van der Waals surface area contributed by atoms with E-state index >= 15 is 0 Å². The van der Waals surface area contributed by atoms with Gasteiger partial charge in [-0.1, -0.05) is 41.9 Å². The van der Waals surface area contributed by atoms with Crippen LogP contribution in [0.15, 0.2) is 42.1 Å². The van der Waals surface area contributed by atoms with Crippen LogP contribution in [0.5, 0.6) is 0 Å².